The molecule has 0 aliphatic rings. The van der Waals surface area contributed by atoms with Crippen molar-refractivity contribution in [2.24, 2.45) is 5.73 Å². The van der Waals surface area contributed by atoms with E-state index >= 15 is 0 Å². The number of hydrogen-bond donors (Lipinski definition) is 2. The Kier molecular flexibility index (Phi) is 2.97. The number of aryl methyl sites for hydroxylation is 1. The molecule has 0 spiro atoms. The molecule has 0 aliphatic heterocycles. The summed E-state index contributed by atoms with van der Waals surface area (Å²) in [4.78, 5) is 15.1. The van der Waals surface area contributed by atoms with Gasteiger partial charge in [-0.1, -0.05) is 0 Å². The predicted molar refractivity (Wildman–Crippen MR) is 51.3 cm³/mol. The van der Waals surface area contributed by atoms with Crippen molar-refractivity contribution in [1.29, 1.82) is 0 Å². The molecule has 1 rings (SSSR count). The van der Waals surface area contributed by atoms with Gasteiger partial charge in [0.25, 0.3) is 0 Å². The zero-order valence-corrected chi connectivity index (χ0v) is 7.74. The molecule has 0 aromatic carbocycles. The first-order valence-corrected chi connectivity index (χ1v) is 4.08. The van der Waals surface area contributed by atoms with Crippen molar-refractivity contribution in [3.05, 3.63) is 24.0 Å². The molecule has 0 aliphatic carbocycles. The first-order valence-electron chi connectivity index (χ1n) is 4.08. The molecule has 1 heterocycles. The minimum atomic E-state index is -0.500. The monoisotopic (exact) mass is 179 g/mol. The molecule has 0 radical (unpaired) electrons. The summed E-state index contributed by atoms with van der Waals surface area (Å²) in [5.41, 5.74) is 7.09. The number of amides is 1. The molecule has 1 amide bonds. The van der Waals surface area contributed by atoms with Crippen LogP contribution in [0.5, 0.6) is 0 Å². The van der Waals surface area contributed by atoms with E-state index in [-0.39, 0.29) is 5.91 Å². The molecular weight excluding hydrogens is 166 g/mol. The molecule has 70 valence electrons. The second-order valence-corrected chi connectivity index (χ2v) is 2.97. The van der Waals surface area contributed by atoms with E-state index in [1.807, 2.05) is 13.0 Å². The highest BCUT2D eigenvalue weighted by atomic mass is 16.2. The molecule has 13 heavy (non-hydrogen) atoms. The lowest BCUT2D eigenvalue weighted by atomic mass is 10.2. The van der Waals surface area contributed by atoms with Crippen LogP contribution in [0.3, 0.4) is 0 Å². The van der Waals surface area contributed by atoms with E-state index in [4.69, 9.17) is 5.73 Å². The largest absolute Gasteiger partial charge is 0.323 e. The van der Waals surface area contributed by atoms with Crippen LogP contribution >= 0.6 is 0 Å². The molecule has 4 nitrogen and oxygen atoms in total. The molecule has 3 N–H and O–H groups in total. The first kappa shape index (κ1) is 9.67. The fourth-order valence-electron chi connectivity index (χ4n) is 0.841. The van der Waals surface area contributed by atoms with Crippen LogP contribution in [0, 0.1) is 6.92 Å². The average Bonchev–Trinajstić information content (AvgIpc) is 2.08. The molecule has 0 saturated carbocycles. The molecule has 0 unspecified atom stereocenters. The van der Waals surface area contributed by atoms with E-state index in [2.05, 4.69) is 10.3 Å². The van der Waals surface area contributed by atoms with E-state index in [9.17, 15) is 4.79 Å². The number of nitrogens with one attached hydrogen (secondary N) is 1. The number of hydrogen-bond acceptors (Lipinski definition) is 3. The highest BCUT2D eigenvalue weighted by molar-refractivity contribution is 5.94. The Bertz CT molecular complexity index is 309. The van der Waals surface area contributed by atoms with Crippen LogP contribution in [0.1, 0.15) is 12.5 Å². The van der Waals surface area contributed by atoms with Gasteiger partial charge in [0.2, 0.25) is 5.91 Å². The third kappa shape index (κ3) is 2.52. The molecule has 4 heteroatoms. The number of rotatable bonds is 2. The van der Waals surface area contributed by atoms with E-state index in [0.717, 1.165) is 5.56 Å². The summed E-state index contributed by atoms with van der Waals surface area (Å²) in [7, 11) is 0. The Morgan fingerprint density at radius 3 is 2.92 bits per heavy atom. The summed E-state index contributed by atoms with van der Waals surface area (Å²) in [6.07, 6.45) is 3.28. The van der Waals surface area contributed by atoms with Gasteiger partial charge < -0.3 is 11.1 Å². The third-order valence-electron chi connectivity index (χ3n) is 1.71. The van der Waals surface area contributed by atoms with Crippen molar-refractivity contribution < 1.29 is 4.79 Å². The van der Waals surface area contributed by atoms with Crippen molar-refractivity contribution in [1.82, 2.24) is 4.98 Å². The Labute approximate surface area is 77.2 Å². The number of carbonyl (C=O) groups is 1. The number of nitrogens with two attached hydrogens (primary N) is 1. The van der Waals surface area contributed by atoms with Crippen molar-refractivity contribution in [2.45, 2.75) is 19.9 Å². The van der Waals surface area contributed by atoms with Gasteiger partial charge in [-0.3, -0.25) is 9.78 Å². The van der Waals surface area contributed by atoms with Gasteiger partial charge >= 0.3 is 0 Å². The molecule has 0 fully saturated rings. The quantitative estimate of drug-likeness (QED) is 0.701. The normalized spacial score (nSPS) is 12.2. The summed E-state index contributed by atoms with van der Waals surface area (Å²) >= 11 is 0. The zero-order chi connectivity index (χ0) is 9.84. The smallest absolute Gasteiger partial charge is 0.241 e. The number of anilines is 1. The maximum atomic E-state index is 11.2. The lowest BCUT2D eigenvalue weighted by molar-refractivity contribution is -0.117. The second kappa shape index (κ2) is 4.00. The Morgan fingerprint density at radius 1 is 1.69 bits per heavy atom. The van der Waals surface area contributed by atoms with Crippen LogP contribution in [-0.2, 0) is 4.79 Å². The van der Waals surface area contributed by atoms with Crippen LogP contribution in [0.2, 0.25) is 0 Å². The zero-order valence-electron chi connectivity index (χ0n) is 7.74. The number of pyridine rings is 1. The van der Waals surface area contributed by atoms with Crippen molar-refractivity contribution in [3.63, 3.8) is 0 Å². The van der Waals surface area contributed by atoms with Crippen molar-refractivity contribution in [2.75, 3.05) is 5.32 Å². The van der Waals surface area contributed by atoms with Crippen LogP contribution < -0.4 is 11.1 Å². The van der Waals surface area contributed by atoms with E-state index < -0.39 is 6.04 Å². The van der Waals surface area contributed by atoms with E-state index in [1.54, 1.807) is 19.3 Å². The lowest BCUT2D eigenvalue weighted by Crippen LogP contribution is -2.32. The second-order valence-electron chi connectivity index (χ2n) is 2.97. The summed E-state index contributed by atoms with van der Waals surface area (Å²) in [5, 5.41) is 2.68. The van der Waals surface area contributed by atoms with Crippen LogP contribution in [0.4, 0.5) is 5.69 Å². The lowest BCUT2D eigenvalue weighted by Gasteiger charge is -2.08. The average molecular weight is 179 g/mol. The first-order chi connectivity index (χ1) is 6.11. The maximum Gasteiger partial charge on any atom is 0.241 e. The minimum Gasteiger partial charge on any atom is -0.323 e. The summed E-state index contributed by atoms with van der Waals surface area (Å²) in [5.74, 6) is -0.198. The highest BCUT2D eigenvalue weighted by Gasteiger charge is 2.08. The molecule has 1 atom stereocenters. The topological polar surface area (TPSA) is 68.0 Å². The van der Waals surface area contributed by atoms with Crippen LogP contribution in [0.25, 0.3) is 0 Å². The fraction of sp³-hybridized carbons (Fsp3) is 0.333. The Balaban J connectivity index is 2.75. The Hall–Kier alpha value is -1.42. The van der Waals surface area contributed by atoms with Crippen molar-refractivity contribution in [3.8, 4) is 0 Å². The van der Waals surface area contributed by atoms with Crippen LogP contribution in [0.15, 0.2) is 18.5 Å². The molecule has 0 bridgehead atoms. The van der Waals surface area contributed by atoms with Gasteiger partial charge in [-0.25, -0.2) is 0 Å². The minimum absolute atomic E-state index is 0.198. The Morgan fingerprint density at radius 2 is 2.38 bits per heavy atom. The van der Waals surface area contributed by atoms with Crippen LogP contribution in [-0.4, -0.2) is 16.9 Å². The predicted octanol–water partition coefficient (Wildman–Crippen LogP) is 0.676. The molecule has 1 aromatic rings. The van der Waals surface area contributed by atoms with Gasteiger partial charge in [-0.05, 0) is 25.5 Å². The number of nitrogens with zero attached hydrogens (tertiary/aromatic N) is 1. The van der Waals surface area contributed by atoms with Gasteiger partial charge in [0, 0.05) is 6.20 Å². The fourth-order valence-corrected chi connectivity index (χ4v) is 0.841. The van der Waals surface area contributed by atoms with Gasteiger partial charge in [-0.2, -0.15) is 0 Å². The highest BCUT2D eigenvalue weighted by Crippen LogP contribution is 2.10. The van der Waals surface area contributed by atoms with E-state index in [0.29, 0.717) is 5.69 Å². The van der Waals surface area contributed by atoms with Gasteiger partial charge in [-0.15, -0.1) is 0 Å². The van der Waals surface area contributed by atoms with Gasteiger partial charge in [0.1, 0.15) is 0 Å². The SMILES string of the molecule is Cc1ccncc1NC(=O)[C@@H](C)N. The molecule has 1 aromatic heterocycles. The van der Waals surface area contributed by atoms with E-state index in [1.165, 1.54) is 0 Å². The third-order valence-corrected chi connectivity index (χ3v) is 1.71. The van der Waals surface area contributed by atoms with Crippen molar-refractivity contribution >= 4 is 11.6 Å². The number of aromatic nitrogens is 1. The van der Waals surface area contributed by atoms with Gasteiger partial charge in [0.05, 0.1) is 17.9 Å². The number of carbonyl (C=O) groups excluding carboxylic acids is 1. The summed E-state index contributed by atoms with van der Waals surface area (Å²) < 4.78 is 0. The maximum absolute atomic E-state index is 11.2. The van der Waals surface area contributed by atoms with Gasteiger partial charge in [0.15, 0.2) is 0 Å². The molecular formula is C9H13N3O. The molecule has 0 saturated heterocycles. The summed E-state index contributed by atoms with van der Waals surface area (Å²) in [6, 6.07) is 1.33. The standard InChI is InChI=1S/C9H13N3O/c1-6-3-4-11-5-8(6)12-9(13)7(2)10/h3-5,7H,10H2,1-2H3,(H,12,13)/t7-/m1/s1. The summed E-state index contributed by atoms with van der Waals surface area (Å²) in [6.45, 7) is 3.54.